The Hall–Kier alpha value is -1.14. The van der Waals surface area contributed by atoms with Crippen LogP contribution in [-0.4, -0.2) is 61.8 Å². The van der Waals surface area contributed by atoms with Crippen molar-refractivity contribution in [1.29, 1.82) is 0 Å². The Kier molecular flexibility index (Phi) is 4.70. The zero-order valence-corrected chi connectivity index (χ0v) is 9.60. The lowest BCUT2D eigenvalue weighted by atomic mass is 10.1. The molecule has 2 unspecified atom stereocenters. The Balaban J connectivity index is 2.32. The molecular weight excluding hydrogens is 212 g/mol. The van der Waals surface area contributed by atoms with Crippen molar-refractivity contribution in [3.8, 4) is 0 Å². The number of aliphatic carboxylic acids is 1. The third-order valence-electron chi connectivity index (χ3n) is 2.78. The molecule has 0 aromatic heterocycles. The van der Waals surface area contributed by atoms with Crippen LogP contribution in [0.25, 0.3) is 0 Å². The third-order valence-corrected chi connectivity index (χ3v) is 2.78. The number of carboxylic acids is 1. The summed E-state index contributed by atoms with van der Waals surface area (Å²) in [4.78, 5) is 24.4. The molecule has 1 saturated heterocycles. The number of methoxy groups -OCH3 is 1. The quantitative estimate of drug-likeness (QED) is 0.643. The minimum absolute atomic E-state index is 0.0187. The summed E-state index contributed by atoms with van der Waals surface area (Å²) in [6.07, 6.45) is -0.143. The van der Waals surface area contributed by atoms with Gasteiger partial charge in [-0.05, 0) is 20.0 Å². The number of carbonyl (C=O) groups is 2. The molecule has 0 bridgehead atoms. The van der Waals surface area contributed by atoms with Gasteiger partial charge in [-0.15, -0.1) is 0 Å². The maximum absolute atomic E-state index is 11.6. The monoisotopic (exact) mass is 230 g/mol. The first-order valence-electron chi connectivity index (χ1n) is 5.26. The van der Waals surface area contributed by atoms with E-state index in [2.05, 4.69) is 10.2 Å². The van der Waals surface area contributed by atoms with Crippen LogP contribution in [0.15, 0.2) is 0 Å². The van der Waals surface area contributed by atoms with Gasteiger partial charge in [-0.2, -0.15) is 0 Å². The summed E-state index contributed by atoms with van der Waals surface area (Å²) in [5.41, 5.74) is 0. The summed E-state index contributed by atoms with van der Waals surface area (Å²) in [6.45, 7) is 1.66. The number of hydrogen-bond donors (Lipinski definition) is 2. The Bertz CT molecular complexity index is 270. The van der Waals surface area contributed by atoms with Crippen molar-refractivity contribution in [1.82, 2.24) is 10.2 Å². The Morgan fingerprint density at radius 1 is 1.62 bits per heavy atom. The van der Waals surface area contributed by atoms with Gasteiger partial charge >= 0.3 is 5.97 Å². The average Bonchev–Trinajstić information content (AvgIpc) is 2.65. The number of amides is 1. The number of hydrogen-bond acceptors (Lipinski definition) is 4. The fourth-order valence-electron chi connectivity index (χ4n) is 1.76. The molecule has 0 spiro atoms. The van der Waals surface area contributed by atoms with Crippen LogP contribution >= 0.6 is 0 Å². The summed E-state index contributed by atoms with van der Waals surface area (Å²) in [5, 5.41) is 11.3. The standard InChI is InChI=1S/C10H18N2O4/c1-12-4-3-7(6-12)9(13)11-5-8(16-2)10(14)15/h7-8H,3-6H2,1-2H3,(H,11,13)(H,14,15). The Morgan fingerprint density at radius 2 is 2.31 bits per heavy atom. The highest BCUT2D eigenvalue weighted by atomic mass is 16.5. The number of carboxylic acid groups (broad SMARTS) is 1. The summed E-state index contributed by atoms with van der Waals surface area (Å²) >= 11 is 0. The Morgan fingerprint density at radius 3 is 2.75 bits per heavy atom. The smallest absolute Gasteiger partial charge is 0.334 e. The minimum atomic E-state index is -1.06. The van der Waals surface area contributed by atoms with Gasteiger partial charge in [-0.1, -0.05) is 0 Å². The first kappa shape index (κ1) is 12.9. The van der Waals surface area contributed by atoms with E-state index in [0.29, 0.717) is 0 Å². The van der Waals surface area contributed by atoms with Crippen LogP contribution in [0.4, 0.5) is 0 Å². The summed E-state index contributed by atoms with van der Waals surface area (Å²) in [7, 11) is 3.27. The highest BCUT2D eigenvalue weighted by Crippen LogP contribution is 2.13. The van der Waals surface area contributed by atoms with E-state index < -0.39 is 12.1 Å². The number of nitrogens with one attached hydrogen (secondary N) is 1. The van der Waals surface area contributed by atoms with E-state index >= 15 is 0 Å². The Labute approximate surface area is 94.6 Å². The molecule has 0 saturated carbocycles. The van der Waals surface area contributed by atoms with E-state index in [-0.39, 0.29) is 18.4 Å². The summed E-state index contributed by atoms with van der Waals surface area (Å²) < 4.78 is 4.72. The van der Waals surface area contributed by atoms with E-state index in [9.17, 15) is 9.59 Å². The van der Waals surface area contributed by atoms with E-state index in [1.807, 2.05) is 7.05 Å². The fourth-order valence-corrected chi connectivity index (χ4v) is 1.76. The van der Waals surface area contributed by atoms with Gasteiger partial charge in [0.05, 0.1) is 12.5 Å². The van der Waals surface area contributed by atoms with Crippen LogP contribution in [0.1, 0.15) is 6.42 Å². The predicted molar refractivity (Wildman–Crippen MR) is 57.0 cm³/mol. The van der Waals surface area contributed by atoms with E-state index in [1.165, 1.54) is 7.11 Å². The molecule has 1 aliphatic rings. The second-order valence-electron chi connectivity index (χ2n) is 4.06. The molecule has 1 aliphatic heterocycles. The maximum atomic E-state index is 11.6. The number of nitrogens with zero attached hydrogens (tertiary/aromatic N) is 1. The summed E-state index contributed by atoms with van der Waals surface area (Å²) in [5.74, 6) is -1.18. The largest absolute Gasteiger partial charge is 0.479 e. The third kappa shape index (κ3) is 3.46. The molecule has 0 aromatic carbocycles. The number of ether oxygens (including phenoxy) is 1. The van der Waals surface area contributed by atoms with Crippen LogP contribution < -0.4 is 5.32 Å². The van der Waals surface area contributed by atoms with Gasteiger partial charge in [0.1, 0.15) is 0 Å². The molecule has 6 heteroatoms. The molecule has 16 heavy (non-hydrogen) atoms. The molecule has 0 aromatic rings. The molecule has 0 aliphatic carbocycles. The van der Waals surface area contributed by atoms with Gasteiger partial charge in [0, 0.05) is 13.7 Å². The van der Waals surface area contributed by atoms with Crippen LogP contribution in [-0.2, 0) is 14.3 Å². The van der Waals surface area contributed by atoms with Crippen LogP contribution in [0, 0.1) is 5.92 Å². The maximum Gasteiger partial charge on any atom is 0.334 e. The lowest BCUT2D eigenvalue weighted by Gasteiger charge is -2.14. The number of carbonyl (C=O) groups excluding carboxylic acids is 1. The van der Waals surface area contributed by atoms with Gasteiger partial charge in [0.15, 0.2) is 6.10 Å². The lowest BCUT2D eigenvalue weighted by Crippen LogP contribution is -2.40. The van der Waals surface area contributed by atoms with E-state index in [0.717, 1.165) is 19.5 Å². The zero-order valence-electron chi connectivity index (χ0n) is 9.60. The fraction of sp³-hybridized carbons (Fsp3) is 0.800. The normalized spacial score (nSPS) is 23.0. The summed E-state index contributed by atoms with van der Waals surface area (Å²) in [6, 6.07) is 0. The second-order valence-corrected chi connectivity index (χ2v) is 4.06. The minimum Gasteiger partial charge on any atom is -0.479 e. The van der Waals surface area contributed by atoms with Gasteiger partial charge in [0.25, 0.3) is 0 Å². The van der Waals surface area contributed by atoms with Crippen molar-refractivity contribution in [2.24, 2.45) is 5.92 Å². The molecule has 1 amide bonds. The average molecular weight is 230 g/mol. The van der Waals surface area contributed by atoms with Crippen molar-refractivity contribution in [2.45, 2.75) is 12.5 Å². The van der Waals surface area contributed by atoms with Gasteiger partial charge in [-0.25, -0.2) is 4.79 Å². The molecule has 6 nitrogen and oxygen atoms in total. The second kappa shape index (κ2) is 5.81. The molecule has 1 heterocycles. The first-order chi connectivity index (χ1) is 7.54. The highest BCUT2D eigenvalue weighted by Gasteiger charge is 2.27. The van der Waals surface area contributed by atoms with E-state index in [1.54, 1.807) is 0 Å². The molecule has 92 valence electrons. The molecule has 2 N–H and O–H groups in total. The molecule has 0 radical (unpaired) electrons. The van der Waals surface area contributed by atoms with Crippen molar-refractivity contribution in [3.05, 3.63) is 0 Å². The van der Waals surface area contributed by atoms with Crippen molar-refractivity contribution in [3.63, 3.8) is 0 Å². The number of likely N-dealkylation sites (tertiary alicyclic amines) is 1. The van der Waals surface area contributed by atoms with Gasteiger partial charge in [0.2, 0.25) is 5.91 Å². The zero-order chi connectivity index (χ0) is 12.1. The topological polar surface area (TPSA) is 78.9 Å². The van der Waals surface area contributed by atoms with Gasteiger partial charge < -0.3 is 20.1 Å². The SMILES string of the molecule is COC(CNC(=O)C1CCN(C)C1)C(=O)O. The highest BCUT2D eigenvalue weighted by molar-refractivity contribution is 5.80. The van der Waals surface area contributed by atoms with Gasteiger partial charge in [-0.3, -0.25) is 4.79 Å². The van der Waals surface area contributed by atoms with Crippen molar-refractivity contribution >= 4 is 11.9 Å². The van der Waals surface area contributed by atoms with Crippen LogP contribution in [0.5, 0.6) is 0 Å². The predicted octanol–water partition coefficient (Wildman–Crippen LogP) is -0.846. The van der Waals surface area contributed by atoms with Crippen molar-refractivity contribution in [2.75, 3.05) is 33.8 Å². The van der Waals surface area contributed by atoms with Crippen LogP contribution in [0.2, 0.25) is 0 Å². The molecule has 1 rings (SSSR count). The number of rotatable bonds is 5. The molecule has 2 atom stereocenters. The first-order valence-corrected chi connectivity index (χ1v) is 5.26. The lowest BCUT2D eigenvalue weighted by molar-refractivity contribution is -0.148. The molecule has 1 fully saturated rings. The van der Waals surface area contributed by atoms with E-state index in [4.69, 9.17) is 9.84 Å². The van der Waals surface area contributed by atoms with Crippen molar-refractivity contribution < 1.29 is 19.4 Å². The van der Waals surface area contributed by atoms with Crippen LogP contribution in [0.3, 0.4) is 0 Å². The molecular formula is C10H18N2O4.